The summed E-state index contributed by atoms with van der Waals surface area (Å²) in [7, 11) is 0. The SMILES string of the molecule is Cc1cccc(NC(=O)CCNC(C)C)c1. The number of hydrogen-bond donors (Lipinski definition) is 2. The average Bonchev–Trinajstić information content (AvgIpc) is 2.16. The smallest absolute Gasteiger partial charge is 0.225 e. The molecule has 3 heteroatoms. The minimum Gasteiger partial charge on any atom is -0.326 e. The molecule has 1 rings (SSSR count). The first-order valence-corrected chi connectivity index (χ1v) is 5.68. The van der Waals surface area contributed by atoms with Crippen molar-refractivity contribution in [2.45, 2.75) is 33.2 Å². The molecule has 2 N–H and O–H groups in total. The summed E-state index contributed by atoms with van der Waals surface area (Å²) in [6.45, 7) is 6.86. The zero-order chi connectivity index (χ0) is 12.0. The van der Waals surface area contributed by atoms with Gasteiger partial charge in [0.15, 0.2) is 0 Å². The molecular weight excluding hydrogens is 200 g/mol. The highest BCUT2D eigenvalue weighted by Crippen LogP contribution is 2.09. The van der Waals surface area contributed by atoms with E-state index in [4.69, 9.17) is 0 Å². The van der Waals surface area contributed by atoms with Crippen molar-refractivity contribution >= 4 is 11.6 Å². The van der Waals surface area contributed by atoms with Crippen LogP contribution in [-0.4, -0.2) is 18.5 Å². The van der Waals surface area contributed by atoms with E-state index in [0.29, 0.717) is 12.5 Å². The van der Waals surface area contributed by atoms with E-state index in [9.17, 15) is 4.79 Å². The van der Waals surface area contributed by atoms with Crippen molar-refractivity contribution in [3.63, 3.8) is 0 Å². The molecule has 0 unspecified atom stereocenters. The van der Waals surface area contributed by atoms with Crippen LogP contribution in [0.2, 0.25) is 0 Å². The van der Waals surface area contributed by atoms with Gasteiger partial charge >= 0.3 is 0 Å². The third kappa shape index (κ3) is 4.94. The number of carbonyl (C=O) groups excluding carboxylic acids is 1. The molecule has 0 aliphatic carbocycles. The fourth-order valence-electron chi connectivity index (χ4n) is 1.42. The van der Waals surface area contributed by atoms with Gasteiger partial charge in [0, 0.05) is 24.7 Å². The Morgan fingerprint density at radius 2 is 2.12 bits per heavy atom. The van der Waals surface area contributed by atoms with Gasteiger partial charge in [-0.15, -0.1) is 0 Å². The molecule has 1 aromatic carbocycles. The summed E-state index contributed by atoms with van der Waals surface area (Å²) in [6.07, 6.45) is 0.506. The maximum Gasteiger partial charge on any atom is 0.225 e. The molecule has 0 radical (unpaired) electrons. The summed E-state index contributed by atoms with van der Waals surface area (Å²) < 4.78 is 0. The zero-order valence-electron chi connectivity index (χ0n) is 10.2. The second kappa shape index (κ2) is 6.28. The summed E-state index contributed by atoms with van der Waals surface area (Å²) >= 11 is 0. The Bertz CT molecular complexity index is 348. The number of nitrogens with one attached hydrogen (secondary N) is 2. The van der Waals surface area contributed by atoms with Gasteiger partial charge in [-0.2, -0.15) is 0 Å². The van der Waals surface area contributed by atoms with Crippen molar-refractivity contribution in [1.82, 2.24) is 5.32 Å². The van der Waals surface area contributed by atoms with Crippen molar-refractivity contribution in [2.75, 3.05) is 11.9 Å². The molecule has 0 atom stereocenters. The number of aryl methyl sites for hydroxylation is 1. The average molecular weight is 220 g/mol. The van der Waals surface area contributed by atoms with Crippen LogP contribution in [0.3, 0.4) is 0 Å². The largest absolute Gasteiger partial charge is 0.326 e. The predicted molar refractivity (Wildman–Crippen MR) is 67.6 cm³/mol. The summed E-state index contributed by atoms with van der Waals surface area (Å²) in [5, 5.41) is 6.09. The molecule has 3 nitrogen and oxygen atoms in total. The zero-order valence-corrected chi connectivity index (χ0v) is 10.2. The van der Waals surface area contributed by atoms with Gasteiger partial charge in [0.1, 0.15) is 0 Å². The van der Waals surface area contributed by atoms with Crippen LogP contribution < -0.4 is 10.6 Å². The third-order valence-corrected chi connectivity index (χ3v) is 2.21. The van der Waals surface area contributed by atoms with Crippen molar-refractivity contribution in [3.05, 3.63) is 29.8 Å². The van der Waals surface area contributed by atoms with Gasteiger partial charge in [0.05, 0.1) is 0 Å². The number of benzene rings is 1. The predicted octanol–water partition coefficient (Wildman–Crippen LogP) is 2.32. The van der Waals surface area contributed by atoms with Gasteiger partial charge in [0.2, 0.25) is 5.91 Å². The van der Waals surface area contributed by atoms with Crippen LogP contribution in [0.4, 0.5) is 5.69 Å². The first-order valence-electron chi connectivity index (χ1n) is 5.68. The minimum absolute atomic E-state index is 0.0544. The first-order chi connectivity index (χ1) is 7.58. The fourth-order valence-corrected chi connectivity index (χ4v) is 1.42. The van der Waals surface area contributed by atoms with E-state index in [1.807, 2.05) is 31.2 Å². The van der Waals surface area contributed by atoms with E-state index >= 15 is 0 Å². The van der Waals surface area contributed by atoms with Crippen LogP contribution >= 0.6 is 0 Å². The molecule has 0 saturated heterocycles. The lowest BCUT2D eigenvalue weighted by Gasteiger charge is -2.08. The van der Waals surface area contributed by atoms with E-state index < -0.39 is 0 Å². The van der Waals surface area contributed by atoms with Crippen LogP contribution in [-0.2, 0) is 4.79 Å². The second-order valence-corrected chi connectivity index (χ2v) is 4.28. The van der Waals surface area contributed by atoms with Crippen molar-refractivity contribution in [2.24, 2.45) is 0 Å². The van der Waals surface area contributed by atoms with Crippen molar-refractivity contribution in [3.8, 4) is 0 Å². The Labute approximate surface area is 97.2 Å². The lowest BCUT2D eigenvalue weighted by atomic mass is 10.2. The Morgan fingerprint density at radius 1 is 1.38 bits per heavy atom. The van der Waals surface area contributed by atoms with Crippen LogP contribution in [0.1, 0.15) is 25.8 Å². The van der Waals surface area contributed by atoms with E-state index in [-0.39, 0.29) is 5.91 Å². The molecule has 0 heterocycles. The molecular formula is C13H20N2O. The lowest BCUT2D eigenvalue weighted by Crippen LogP contribution is -2.27. The van der Waals surface area contributed by atoms with E-state index in [1.165, 1.54) is 0 Å². The van der Waals surface area contributed by atoms with Gasteiger partial charge in [-0.25, -0.2) is 0 Å². The van der Waals surface area contributed by atoms with Crippen molar-refractivity contribution < 1.29 is 4.79 Å². The Kier molecular flexibility index (Phi) is 4.99. The highest BCUT2D eigenvalue weighted by molar-refractivity contribution is 5.90. The van der Waals surface area contributed by atoms with Crippen LogP contribution in [0.5, 0.6) is 0 Å². The monoisotopic (exact) mass is 220 g/mol. The number of anilines is 1. The van der Waals surface area contributed by atoms with E-state index in [2.05, 4.69) is 24.5 Å². The number of hydrogen-bond acceptors (Lipinski definition) is 2. The van der Waals surface area contributed by atoms with Gasteiger partial charge < -0.3 is 10.6 Å². The van der Waals surface area contributed by atoms with E-state index in [0.717, 1.165) is 17.8 Å². The van der Waals surface area contributed by atoms with Gasteiger partial charge in [-0.3, -0.25) is 4.79 Å². The maximum absolute atomic E-state index is 11.6. The summed E-state index contributed by atoms with van der Waals surface area (Å²) in [5.74, 6) is 0.0544. The Morgan fingerprint density at radius 3 is 2.75 bits per heavy atom. The van der Waals surface area contributed by atoms with Crippen LogP contribution in [0.25, 0.3) is 0 Å². The second-order valence-electron chi connectivity index (χ2n) is 4.28. The molecule has 0 aliphatic heterocycles. The van der Waals surface area contributed by atoms with Gasteiger partial charge in [-0.1, -0.05) is 26.0 Å². The quantitative estimate of drug-likeness (QED) is 0.799. The van der Waals surface area contributed by atoms with Gasteiger partial charge in [0.25, 0.3) is 0 Å². The van der Waals surface area contributed by atoms with E-state index in [1.54, 1.807) is 0 Å². The number of rotatable bonds is 5. The summed E-state index contributed by atoms with van der Waals surface area (Å²) in [5.41, 5.74) is 2.02. The molecule has 0 bridgehead atoms. The Balaban J connectivity index is 2.34. The van der Waals surface area contributed by atoms with Crippen LogP contribution in [0.15, 0.2) is 24.3 Å². The summed E-state index contributed by atoms with van der Waals surface area (Å²) in [4.78, 5) is 11.6. The topological polar surface area (TPSA) is 41.1 Å². The normalized spacial score (nSPS) is 10.5. The molecule has 0 aromatic heterocycles. The maximum atomic E-state index is 11.6. The minimum atomic E-state index is 0.0544. The third-order valence-electron chi connectivity index (χ3n) is 2.21. The molecule has 0 fully saturated rings. The molecule has 16 heavy (non-hydrogen) atoms. The van der Waals surface area contributed by atoms with Crippen LogP contribution in [0, 0.1) is 6.92 Å². The lowest BCUT2D eigenvalue weighted by molar-refractivity contribution is -0.116. The van der Waals surface area contributed by atoms with Crippen molar-refractivity contribution in [1.29, 1.82) is 0 Å². The number of amides is 1. The molecule has 1 aromatic rings. The molecule has 0 aliphatic rings. The fraction of sp³-hybridized carbons (Fsp3) is 0.462. The molecule has 0 saturated carbocycles. The molecule has 88 valence electrons. The highest BCUT2D eigenvalue weighted by atomic mass is 16.1. The molecule has 0 spiro atoms. The van der Waals surface area contributed by atoms with Gasteiger partial charge in [-0.05, 0) is 24.6 Å². The first kappa shape index (κ1) is 12.7. The number of carbonyl (C=O) groups is 1. The standard InChI is InChI=1S/C13H20N2O/c1-10(2)14-8-7-13(16)15-12-6-4-5-11(3)9-12/h4-6,9-10,14H,7-8H2,1-3H3,(H,15,16). The Hall–Kier alpha value is -1.35. The highest BCUT2D eigenvalue weighted by Gasteiger charge is 2.02. The summed E-state index contributed by atoms with van der Waals surface area (Å²) in [6, 6.07) is 8.24. The molecule has 1 amide bonds.